The second-order valence-corrected chi connectivity index (χ2v) is 8.88. The zero-order valence-corrected chi connectivity index (χ0v) is 18.8. The fraction of sp³-hybridized carbons (Fsp3) is 0.391. The topological polar surface area (TPSA) is 108 Å². The largest absolute Gasteiger partial charge is 0.493 e. The van der Waals surface area contributed by atoms with Crippen molar-refractivity contribution in [3.8, 4) is 17.1 Å². The molecular formula is C23H25ClN6O3. The Morgan fingerprint density at radius 1 is 1.24 bits per heavy atom. The van der Waals surface area contributed by atoms with Crippen LogP contribution in [0, 0.1) is 0 Å². The quantitative estimate of drug-likeness (QED) is 0.566. The Labute approximate surface area is 196 Å². The lowest BCUT2D eigenvalue weighted by Crippen LogP contribution is -2.54. The van der Waals surface area contributed by atoms with E-state index >= 15 is 0 Å². The Hall–Kier alpha value is -3.33. The maximum atomic E-state index is 13.2. The molecule has 2 aliphatic rings. The normalized spacial score (nSPS) is 18.2. The van der Waals surface area contributed by atoms with Crippen molar-refractivity contribution in [3.05, 3.63) is 53.4 Å². The Balaban J connectivity index is 1.23. The molecule has 0 bridgehead atoms. The van der Waals surface area contributed by atoms with Gasteiger partial charge in [0.25, 0.3) is 0 Å². The van der Waals surface area contributed by atoms with Crippen LogP contribution in [0.25, 0.3) is 11.3 Å². The van der Waals surface area contributed by atoms with Gasteiger partial charge < -0.3 is 24.7 Å². The lowest BCUT2D eigenvalue weighted by atomic mass is 10.0. The highest BCUT2D eigenvalue weighted by molar-refractivity contribution is 6.30. The number of amides is 2. The third-order valence-electron chi connectivity index (χ3n) is 5.97. The molecule has 1 aliphatic heterocycles. The average Bonchev–Trinajstić information content (AvgIpc) is 3.53. The molecule has 172 valence electrons. The molecule has 1 saturated carbocycles. The number of anilines is 1. The summed E-state index contributed by atoms with van der Waals surface area (Å²) in [5.74, 6) is 1.02. The number of aromatic nitrogens is 3. The second-order valence-electron chi connectivity index (χ2n) is 8.44. The lowest BCUT2D eigenvalue weighted by Gasteiger charge is -2.39. The smallest absolute Gasteiger partial charge is 0.318 e. The van der Waals surface area contributed by atoms with Crippen molar-refractivity contribution in [2.75, 3.05) is 18.0 Å². The first-order valence-corrected chi connectivity index (χ1v) is 11.5. The summed E-state index contributed by atoms with van der Waals surface area (Å²) in [4.78, 5) is 25.6. The second kappa shape index (κ2) is 9.27. The minimum Gasteiger partial charge on any atom is -0.493 e. The van der Waals surface area contributed by atoms with E-state index in [9.17, 15) is 9.90 Å². The molecule has 2 fully saturated rings. The molecule has 9 nitrogen and oxygen atoms in total. The van der Waals surface area contributed by atoms with Crippen LogP contribution in [0.1, 0.15) is 31.4 Å². The maximum absolute atomic E-state index is 13.2. The SMILES string of the molecule is O=C(NCc1cc(-c2cccc(Cl)c2)no1)N(C1CC1)[C@@H]1CCCN(c2nccc(O)n2)C1. The molecule has 33 heavy (non-hydrogen) atoms. The van der Waals surface area contributed by atoms with E-state index < -0.39 is 0 Å². The molecular weight excluding hydrogens is 444 g/mol. The van der Waals surface area contributed by atoms with E-state index in [1.165, 1.54) is 6.07 Å². The molecule has 1 saturated heterocycles. The highest BCUT2D eigenvalue weighted by Gasteiger charge is 2.39. The number of hydrogen-bond acceptors (Lipinski definition) is 7. The highest BCUT2D eigenvalue weighted by atomic mass is 35.5. The van der Waals surface area contributed by atoms with Crippen molar-refractivity contribution in [2.45, 2.75) is 44.3 Å². The van der Waals surface area contributed by atoms with Crippen LogP contribution in [0.15, 0.2) is 47.1 Å². The number of hydrogen-bond donors (Lipinski definition) is 2. The van der Waals surface area contributed by atoms with Gasteiger partial charge in [0, 0.05) is 48.0 Å². The van der Waals surface area contributed by atoms with Crippen molar-refractivity contribution >= 4 is 23.6 Å². The van der Waals surface area contributed by atoms with Gasteiger partial charge >= 0.3 is 6.03 Å². The minimum atomic E-state index is -0.109. The van der Waals surface area contributed by atoms with Crippen LogP contribution in [-0.2, 0) is 6.54 Å². The molecule has 10 heteroatoms. The van der Waals surface area contributed by atoms with Crippen LogP contribution in [-0.4, -0.2) is 56.3 Å². The number of carbonyl (C=O) groups excluding carboxylic acids is 1. The zero-order valence-electron chi connectivity index (χ0n) is 18.0. The van der Waals surface area contributed by atoms with Crippen LogP contribution in [0.2, 0.25) is 5.02 Å². The van der Waals surface area contributed by atoms with E-state index in [1.54, 1.807) is 12.3 Å². The van der Waals surface area contributed by atoms with E-state index in [0.29, 0.717) is 29.0 Å². The van der Waals surface area contributed by atoms with Gasteiger partial charge in [-0.1, -0.05) is 28.9 Å². The molecule has 3 heterocycles. The lowest BCUT2D eigenvalue weighted by molar-refractivity contribution is 0.159. The van der Waals surface area contributed by atoms with Crippen LogP contribution in [0.5, 0.6) is 5.88 Å². The summed E-state index contributed by atoms with van der Waals surface area (Å²) in [5, 5.41) is 17.4. The molecule has 2 N–H and O–H groups in total. The predicted molar refractivity (Wildman–Crippen MR) is 123 cm³/mol. The molecule has 0 radical (unpaired) electrons. The molecule has 2 aromatic heterocycles. The number of carbonyl (C=O) groups is 1. The molecule has 1 aliphatic carbocycles. The van der Waals surface area contributed by atoms with E-state index in [4.69, 9.17) is 16.1 Å². The number of aromatic hydroxyl groups is 1. The van der Waals surface area contributed by atoms with Gasteiger partial charge in [-0.3, -0.25) is 0 Å². The van der Waals surface area contributed by atoms with E-state index in [0.717, 1.165) is 37.8 Å². The van der Waals surface area contributed by atoms with Crippen molar-refractivity contribution in [1.82, 2.24) is 25.3 Å². The Morgan fingerprint density at radius 2 is 2.12 bits per heavy atom. The number of nitrogens with zero attached hydrogens (tertiary/aromatic N) is 5. The van der Waals surface area contributed by atoms with Crippen LogP contribution < -0.4 is 10.2 Å². The van der Waals surface area contributed by atoms with Gasteiger partial charge in [0.2, 0.25) is 11.8 Å². The zero-order chi connectivity index (χ0) is 22.8. The third kappa shape index (κ3) is 5.03. The Morgan fingerprint density at radius 3 is 2.91 bits per heavy atom. The van der Waals surface area contributed by atoms with Gasteiger partial charge in [-0.2, -0.15) is 4.98 Å². The number of nitrogens with one attached hydrogen (secondary N) is 1. The summed E-state index contributed by atoms with van der Waals surface area (Å²) < 4.78 is 5.42. The van der Waals surface area contributed by atoms with Gasteiger partial charge in [0.05, 0.1) is 12.6 Å². The number of halogens is 1. The van der Waals surface area contributed by atoms with Crippen LogP contribution in [0.3, 0.4) is 0 Å². The molecule has 2 amide bonds. The maximum Gasteiger partial charge on any atom is 0.318 e. The van der Waals surface area contributed by atoms with E-state index in [2.05, 4.69) is 20.4 Å². The summed E-state index contributed by atoms with van der Waals surface area (Å²) in [6.07, 6.45) is 5.40. The summed E-state index contributed by atoms with van der Waals surface area (Å²) in [7, 11) is 0. The standard InChI is InChI=1S/C23H25ClN6O3/c24-16-4-1-3-15(11-16)20-12-19(33-28-20)13-26-23(32)30(17-6-7-17)18-5-2-10-29(14-18)22-25-9-8-21(31)27-22/h1,3-4,8-9,11-12,17-18H,2,5-7,10,13-14H2,(H,26,32)(H,25,27,31)/t18-/m1/s1. The van der Waals surface area contributed by atoms with Gasteiger partial charge in [-0.15, -0.1) is 0 Å². The number of rotatable bonds is 6. The fourth-order valence-corrected chi connectivity index (χ4v) is 4.46. The average molecular weight is 469 g/mol. The first-order chi connectivity index (χ1) is 16.1. The highest BCUT2D eigenvalue weighted by Crippen LogP contribution is 2.32. The molecule has 1 atom stereocenters. The van der Waals surface area contributed by atoms with Gasteiger partial charge in [-0.05, 0) is 37.8 Å². The first kappa shape index (κ1) is 21.5. The molecule has 1 aromatic carbocycles. The van der Waals surface area contributed by atoms with Crippen molar-refractivity contribution in [3.63, 3.8) is 0 Å². The Bertz CT molecular complexity index is 1130. The van der Waals surface area contributed by atoms with Crippen molar-refractivity contribution < 1.29 is 14.4 Å². The minimum absolute atomic E-state index is 0.0500. The van der Waals surface area contributed by atoms with Crippen molar-refractivity contribution in [1.29, 1.82) is 0 Å². The van der Waals surface area contributed by atoms with Crippen molar-refractivity contribution in [2.24, 2.45) is 0 Å². The third-order valence-corrected chi connectivity index (χ3v) is 6.20. The van der Waals surface area contributed by atoms with Gasteiger partial charge in [0.1, 0.15) is 5.69 Å². The van der Waals surface area contributed by atoms with Crippen LogP contribution >= 0.6 is 11.6 Å². The molecule has 5 rings (SSSR count). The fourth-order valence-electron chi connectivity index (χ4n) is 4.27. The van der Waals surface area contributed by atoms with E-state index in [1.807, 2.05) is 34.1 Å². The molecule has 0 unspecified atom stereocenters. The first-order valence-electron chi connectivity index (χ1n) is 11.1. The summed E-state index contributed by atoms with van der Waals surface area (Å²) in [6.45, 7) is 1.68. The summed E-state index contributed by atoms with van der Waals surface area (Å²) in [6, 6.07) is 10.8. The number of piperidine rings is 1. The van der Waals surface area contributed by atoms with Gasteiger partial charge in [-0.25, -0.2) is 9.78 Å². The van der Waals surface area contributed by atoms with Crippen LogP contribution in [0.4, 0.5) is 10.7 Å². The Kier molecular flexibility index (Phi) is 6.04. The van der Waals surface area contributed by atoms with E-state index in [-0.39, 0.29) is 30.5 Å². The number of benzene rings is 1. The summed E-state index contributed by atoms with van der Waals surface area (Å²) >= 11 is 6.06. The monoisotopic (exact) mass is 468 g/mol. The predicted octanol–water partition coefficient (Wildman–Crippen LogP) is 3.83. The molecule has 3 aromatic rings. The molecule has 0 spiro atoms. The van der Waals surface area contributed by atoms with Gasteiger partial charge in [0.15, 0.2) is 5.76 Å². The summed E-state index contributed by atoms with van der Waals surface area (Å²) in [5.41, 5.74) is 1.54. The number of urea groups is 1.